The number of nitrogens with one attached hydrogen (secondary N) is 6. The molecule has 380 valence electrons. The zero-order chi connectivity index (χ0) is 51.7. The number of fused-ring (bicyclic) bond motifs is 9. The molecule has 1 aliphatic heterocycles. The molecule has 0 unspecified atom stereocenters. The van der Waals surface area contributed by atoms with Crippen molar-refractivity contribution in [3.8, 4) is 11.1 Å². The Morgan fingerprint density at radius 3 is 1.58 bits per heavy atom. The van der Waals surface area contributed by atoms with Gasteiger partial charge < -0.3 is 55.6 Å². The van der Waals surface area contributed by atoms with E-state index in [1.807, 2.05) is 48.5 Å². The van der Waals surface area contributed by atoms with Crippen molar-refractivity contribution < 1.29 is 51.6 Å². The topological polar surface area (TPSA) is 305 Å². The van der Waals surface area contributed by atoms with Crippen LogP contribution in [0.25, 0.3) is 11.1 Å². The van der Waals surface area contributed by atoms with Crippen LogP contribution in [0.15, 0.2) is 61.8 Å². The largest absolute Gasteiger partial charge is 0.467 e. The lowest BCUT2D eigenvalue weighted by atomic mass is 9.89. The number of nitrogens with zero attached hydrogens (tertiary/aromatic N) is 3. The van der Waals surface area contributed by atoms with Crippen LogP contribution in [0.1, 0.15) is 156 Å². The maximum atomic E-state index is 15.1. The van der Waals surface area contributed by atoms with Gasteiger partial charge in [0, 0.05) is 6.54 Å². The normalized spacial score (nSPS) is 21.7. The minimum absolute atomic E-state index is 0.0824. The van der Waals surface area contributed by atoms with E-state index in [2.05, 4.69) is 46.9 Å². The van der Waals surface area contributed by atoms with Crippen molar-refractivity contribution in [3.63, 3.8) is 0 Å². The summed E-state index contributed by atoms with van der Waals surface area (Å²) >= 11 is 0. The van der Waals surface area contributed by atoms with Crippen LogP contribution in [0.2, 0.25) is 0 Å². The first-order chi connectivity index (χ1) is 34.3. The average Bonchev–Trinajstić information content (AvgIpc) is 4.16. The number of amides is 6. The third kappa shape index (κ3) is 9.47. The van der Waals surface area contributed by atoms with Gasteiger partial charge in [0.15, 0.2) is 33.7 Å². The van der Waals surface area contributed by atoms with Gasteiger partial charge in [0.05, 0.1) is 13.2 Å². The summed E-state index contributed by atoms with van der Waals surface area (Å²) in [6, 6.07) is 13.2. The number of aryl methyl sites for hydroxylation is 3. The molecular formula is C51H60N10O11. The third-order valence-electron chi connectivity index (χ3n) is 13.9. The Kier molecular flexibility index (Phi) is 14.2. The van der Waals surface area contributed by atoms with Gasteiger partial charge in [-0.15, -0.1) is 0 Å². The Hall–Kier alpha value is -7.68. The number of hydrogen-bond donors (Lipinski definition) is 7. The van der Waals surface area contributed by atoms with Gasteiger partial charge >= 0.3 is 5.97 Å². The summed E-state index contributed by atoms with van der Waals surface area (Å²) in [5, 5.41) is 16.7. The molecule has 3 aromatic heterocycles. The first-order valence-corrected chi connectivity index (χ1v) is 24.1. The summed E-state index contributed by atoms with van der Waals surface area (Å²) < 4.78 is 23.3. The second-order valence-electron chi connectivity index (χ2n) is 19.1. The van der Waals surface area contributed by atoms with Gasteiger partial charge in [0.1, 0.15) is 23.3 Å². The van der Waals surface area contributed by atoms with Gasteiger partial charge in [-0.05, 0) is 108 Å². The lowest BCUT2D eigenvalue weighted by molar-refractivity contribution is -0.146. The van der Waals surface area contributed by atoms with E-state index in [-0.39, 0.29) is 47.7 Å². The monoisotopic (exact) mass is 988 g/mol. The molecule has 0 spiro atoms. The predicted octanol–water partition coefficient (Wildman–Crippen LogP) is 4.19. The highest BCUT2D eigenvalue weighted by atomic mass is 16.5. The lowest BCUT2D eigenvalue weighted by Gasteiger charge is -2.29. The highest BCUT2D eigenvalue weighted by Gasteiger charge is 2.50. The Bertz CT molecular complexity index is 2910. The van der Waals surface area contributed by atoms with Crippen LogP contribution < -0.4 is 37.6 Å². The van der Waals surface area contributed by atoms with Gasteiger partial charge in [-0.1, -0.05) is 67.8 Å². The van der Waals surface area contributed by atoms with Crippen molar-refractivity contribution in [2.24, 2.45) is 11.7 Å². The summed E-state index contributed by atoms with van der Waals surface area (Å²) in [5.41, 5.74) is 1.20. The molecule has 1 saturated carbocycles. The summed E-state index contributed by atoms with van der Waals surface area (Å²) in [7, 11) is 1.16. The number of carbonyl (C=O) groups excluding carboxylic acids is 7. The van der Waals surface area contributed by atoms with Crippen molar-refractivity contribution >= 4 is 41.4 Å². The lowest BCUT2D eigenvalue weighted by Crippen LogP contribution is -2.58. The molecule has 72 heavy (non-hydrogen) atoms. The smallest absolute Gasteiger partial charge is 0.328 e. The van der Waals surface area contributed by atoms with Crippen LogP contribution in [0.5, 0.6) is 0 Å². The van der Waals surface area contributed by atoms with Crippen LogP contribution in [0.4, 0.5) is 0 Å². The predicted molar refractivity (Wildman–Crippen MR) is 256 cm³/mol. The summed E-state index contributed by atoms with van der Waals surface area (Å²) in [6.07, 6.45) is 5.92. The van der Waals surface area contributed by atoms with E-state index in [0.717, 1.165) is 61.5 Å². The molecule has 4 atom stereocenters. The molecule has 21 nitrogen and oxygen atoms in total. The second-order valence-corrected chi connectivity index (χ2v) is 19.1. The van der Waals surface area contributed by atoms with Crippen molar-refractivity contribution in [1.82, 2.24) is 46.9 Å². The molecule has 21 heteroatoms. The minimum Gasteiger partial charge on any atom is -0.467 e. The Morgan fingerprint density at radius 2 is 1.12 bits per heavy atom. The summed E-state index contributed by atoms with van der Waals surface area (Å²) in [5.74, 6) is -7.86. The number of nitrogens with two attached hydrogens (primary N) is 1. The van der Waals surface area contributed by atoms with Crippen molar-refractivity contribution in [2.75, 3.05) is 20.2 Å². The van der Waals surface area contributed by atoms with E-state index in [1.54, 1.807) is 0 Å². The first-order valence-electron chi connectivity index (χ1n) is 24.1. The average molecular weight is 989 g/mol. The number of hydrogen-bond acceptors (Lipinski definition) is 15. The van der Waals surface area contributed by atoms with Crippen LogP contribution in [-0.2, 0) is 40.5 Å². The Balaban J connectivity index is 1.26. The zero-order valence-corrected chi connectivity index (χ0v) is 41.3. The molecule has 0 saturated heterocycles. The quantitative estimate of drug-likeness (QED) is 0.0681. The van der Waals surface area contributed by atoms with Crippen molar-refractivity contribution in [2.45, 2.75) is 122 Å². The first kappa shape index (κ1) is 50.7. The van der Waals surface area contributed by atoms with Gasteiger partial charge in [-0.2, -0.15) is 0 Å². The molecule has 6 amide bonds. The molecule has 5 aromatic rings. The molecule has 2 aliphatic carbocycles. The third-order valence-corrected chi connectivity index (χ3v) is 13.9. The van der Waals surface area contributed by atoms with Gasteiger partial charge in [0.25, 0.3) is 35.4 Å². The summed E-state index contributed by atoms with van der Waals surface area (Å²) in [4.78, 5) is 115. The van der Waals surface area contributed by atoms with Crippen molar-refractivity contribution in [1.29, 1.82) is 0 Å². The molecule has 3 aliphatic rings. The highest BCUT2D eigenvalue weighted by Crippen LogP contribution is 2.44. The van der Waals surface area contributed by atoms with Crippen LogP contribution >= 0.6 is 0 Å². The van der Waals surface area contributed by atoms with Crippen molar-refractivity contribution in [3.05, 3.63) is 112 Å². The van der Waals surface area contributed by atoms with E-state index in [0.29, 0.717) is 19.4 Å². The number of carbonyl (C=O) groups is 7. The number of esters is 1. The zero-order valence-electron chi connectivity index (χ0n) is 41.3. The minimum atomic E-state index is -2.33. The van der Waals surface area contributed by atoms with Crippen LogP contribution in [-0.4, -0.2) is 82.6 Å². The van der Waals surface area contributed by atoms with E-state index < -0.39 is 93.3 Å². The van der Waals surface area contributed by atoms with Gasteiger partial charge in [0.2, 0.25) is 17.7 Å². The van der Waals surface area contributed by atoms with E-state index in [1.165, 1.54) is 41.5 Å². The fourth-order valence-corrected chi connectivity index (χ4v) is 9.52. The number of oxazole rings is 3. The number of benzene rings is 2. The molecule has 8 rings (SSSR count). The molecule has 2 aromatic carbocycles. The number of methoxy groups -OCH3 is 1. The van der Waals surface area contributed by atoms with Crippen LogP contribution in [0, 0.1) is 26.7 Å². The van der Waals surface area contributed by atoms with Gasteiger partial charge in [-0.25, -0.2) is 19.7 Å². The maximum absolute atomic E-state index is 15.1. The Labute approximate surface area is 415 Å². The Morgan fingerprint density at radius 1 is 0.681 bits per heavy atom. The number of aromatic nitrogens is 3. The molecule has 1 fully saturated rings. The second kappa shape index (κ2) is 20.2. The number of ether oxygens (including phenoxy) is 1. The van der Waals surface area contributed by atoms with E-state index in [4.69, 9.17) is 23.7 Å². The number of rotatable bonds is 12. The highest BCUT2D eigenvalue weighted by molar-refractivity contribution is 6.02. The molecule has 8 N–H and O–H groups in total. The fraction of sp³-hybridized carbons (Fsp3) is 0.451. The molecular weight excluding hydrogens is 929 g/mol. The molecule has 6 bridgehead atoms. The molecule has 4 heterocycles. The van der Waals surface area contributed by atoms with E-state index in [9.17, 15) is 28.8 Å². The van der Waals surface area contributed by atoms with E-state index >= 15 is 4.79 Å². The summed E-state index contributed by atoms with van der Waals surface area (Å²) in [6.45, 7) is 8.74. The standard InChI is InChI=1S/C51H60N10O11/c1-26-36-41(64)61-51(6,45(68)55-38-32-21-13-11-19-30(32)31-20-12-14-22-33(31)38)48-58-37(28(3)72-48)40(63)60-50(5,44(67)54-34(42(65)69-7)23-15-16-24-52)47-57-35(27(2)71-47)39(62)59-49(4,46(56-36)70-26)43(66)53-25-29-17-9-8-10-18-29/h11-14,19-22,29,34,38H,8-10,15-18,23-25,52H2,1-7H3,(H,53,66)(H,54,67)(H,55,68)(H,59,62)(H,60,63)(H,61,64)/t34-,49-,50-,51-/m0/s1. The van der Waals surface area contributed by atoms with Gasteiger partial charge in [-0.3, -0.25) is 28.8 Å². The SMILES string of the molecule is COC(=O)[C@H](CCCCN)NC(=O)[C@]1(C)NC(=O)c2nc(oc2C)[C@](C)(C(=O)NC2c3ccccc3-c3ccccc32)NC(=O)c2nc(oc2C)[C@](C)(C(=O)NCC2CCCCC2)NC(=O)c2nc1oc2C. The number of unbranched alkanes of at least 4 members (excludes halogenated alkanes) is 1. The molecule has 0 radical (unpaired) electrons. The maximum Gasteiger partial charge on any atom is 0.328 e. The fourth-order valence-electron chi connectivity index (χ4n) is 9.52. The van der Waals surface area contributed by atoms with Crippen LogP contribution in [0.3, 0.4) is 0 Å².